The minimum atomic E-state index is -0.401. The number of hydrogen-bond donors (Lipinski definition) is 1. The molecule has 0 unspecified atom stereocenters. The van der Waals surface area contributed by atoms with Gasteiger partial charge < -0.3 is 5.73 Å². The second-order valence-corrected chi connectivity index (χ2v) is 5.38. The molecule has 0 aliphatic rings. The molecule has 0 radical (unpaired) electrons. The lowest BCUT2D eigenvalue weighted by molar-refractivity contribution is -0.384. The van der Waals surface area contributed by atoms with Crippen molar-refractivity contribution in [3.8, 4) is 0 Å². The lowest BCUT2D eigenvalue weighted by atomic mass is 9.96. The number of nitrogens with two attached hydrogens (primary N) is 1. The van der Waals surface area contributed by atoms with Crippen molar-refractivity contribution in [2.75, 3.05) is 0 Å². The average Bonchev–Trinajstić information content (AvgIpc) is 2.14. The number of rotatable bonds is 4. The Morgan fingerprint density at radius 3 is 2.56 bits per heavy atom. The summed E-state index contributed by atoms with van der Waals surface area (Å²) >= 11 is 3.34. The maximum absolute atomic E-state index is 10.5. The summed E-state index contributed by atoms with van der Waals surface area (Å²) in [5.74, 6) is 0. The molecule has 0 fully saturated rings. The molecular formula is C11H15BrN2O2. The van der Waals surface area contributed by atoms with Crippen LogP contribution < -0.4 is 5.73 Å². The molecule has 4 nitrogen and oxygen atoms in total. The third-order valence-electron chi connectivity index (χ3n) is 2.29. The van der Waals surface area contributed by atoms with E-state index >= 15 is 0 Å². The monoisotopic (exact) mass is 286 g/mol. The van der Waals surface area contributed by atoms with Gasteiger partial charge in [-0.25, -0.2) is 0 Å². The van der Waals surface area contributed by atoms with Gasteiger partial charge in [0, 0.05) is 22.1 Å². The van der Waals surface area contributed by atoms with Gasteiger partial charge in [0.05, 0.1) is 4.92 Å². The van der Waals surface area contributed by atoms with E-state index in [-0.39, 0.29) is 11.2 Å². The number of aryl methyl sites for hydroxylation is 1. The van der Waals surface area contributed by atoms with Gasteiger partial charge in [0.1, 0.15) is 0 Å². The lowest BCUT2D eigenvalue weighted by Gasteiger charge is -2.18. The Bertz CT molecular complexity index is 399. The molecule has 0 amide bonds. The summed E-state index contributed by atoms with van der Waals surface area (Å²) in [7, 11) is 0. The first-order valence-corrected chi connectivity index (χ1v) is 5.80. The van der Waals surface area contributed by atoms with Gasteiger partial charge in [-0.2, -0.15) is 0 Å². The van der Waals surface area contributed by atoms with Crippen molar-refractivity contribution in [1.29, 1.82) is 0 Å². The fourth-order valence-corrected chi connectivity index (χ4v) is 1.87. The smallest absolute Gasteiger partial charge is 0.270 e. The molecule has 2 N–H and O–H groups in total. The Hall–Kier alpha value is -0.940. The third-order valence-corrected chi connectivity index (χ3v) is 3.02. The van der Waals surface area contributed by atoms with Crippen LogP contribution in [0.2, 0.25) is 0 Å². The highest BCUT2D eigenvalue weighted by Crippen LogP contribution is 2.25. The summed E-state index contributed by atoms with van der Waals surface area (Å²) in [5.41, 5.74) is 6.81. The molecule has 0 saturated heterocycles. The van der Waals surface area contributed by atoms with Crippen LogP contribution in [0, 0.1) is 10.1 Å². The second-order valence-electron chi connectivity index (χ2n) is 4.52. The largest absolute Gasteiger partial charge is 0.326 e. The van der Waals surface area contributed by atoms with Gasteiger partial charge in [0.25, 0.3) is 5.69 Å². The summed E-state index contributed by atoms with van der Waals surface area (Å²) in [6.45, 7) is 3.93. The molecule has 5 heteroatoms. The number of non-ortho nitro benzene ring substituents is 1. The first kappa shape index (κ1) is 13.1. The lowest BCUT2D eigenvalue weighted by Crippen LogP contribution is -2.32. The zero-order chi connectivity index (χ0) is 12.3. The Morgan fingerprint density at radius 2 is 2.12 bits per heavy atom. The highest BCUT2D eigenvalue weighted by atomic mass is 79.9. The van der Waals surface area contributed by atoms with Gasteiger partial charge in [-0.15, -0.1) is 0 Å². The topological polar surface area (TPSA) is 69.2 Å². The minimum absolute atomic E-state index is 0.0997. The quantitative estimate of drug-likeness (QED) is 0.683. The standard InChI is InChI=1S/C11H15BrN2O2/c1-11(2,13)6-5-8-3-4-9(14(15)16)7-10(8)12/h3-4,7H,5-6,13H2,1-2H3. The van der Waals surface area contributed by atoms with Crippen LogP contribution in [-0.2, 0) is 6.42 Å². The second kappa shape index (κ2) is 4.93. The molecule has 88 valence electrons. The number of halogens is 1. The summed E-state index contributed by atoms with van der Waals surface area (Å²) in [5, 5.41) is 10.5. The van der Waals surface area contributed by atoms with Crippen LogP contribution in [0.25, 0.3) is 0 Å². The van der Waals surface area contributed by atoms with Crippen LogP contribution in [-0.4, -0.2) is 10.5 Å². The Labute approximate surface area is 103 Å². The van der Waals surface area contributed by atoms with E-state index in [1.54, 1.807) is 6.07 Å². The van der Waals surface area contributed by atoms with E-state index in [4.69, 9.17) is 5.73 Å². The number of nitro benzene ring substituents is 1. The molecule has 0 aliphatic heterocycles. The van der Waals surface area contributed by atoms with Crippen molar-refractivity contribution < 1.29 is 4.92 Å². The normalized spacial score (nSPS) is 11.5. The summed E-state index contributed by atoms with van der Waals surface area (Å²) in [6, 6.07) is 4.82. The molecular weight excluding hydrogens is 272 g/mol. The first-order chi connectivity index (χ1) is 7.29. The van der Waals surface area contributed by atoms with E-state index in [0.717, 1.165) is 22.9 Å². The number of benzene rings is 1. The highest BCUT2D eigenvalue weighted by Gasteiger charge is 2.13. The zero-order valence-corrected chi connectivity index (χ0v) is 11.0. The molecule has 0 aromatic heterocycles. The molecule has 0 atom stereocenters. The zero-order valence-electron chi connectivity index (χ0n) is 9.37. The van der Waals surface area contributed by atoms with E-state index < -0.39 is 4.92 Å². The fourth-order valence-electron chi connectivity index (χ4n) is 1.31. The van der Waals surface area contributed by atoms with Crippen LogP contribution in [0.1, 0.15) is 25.8 Å². The van der Waals surface area contributed by atoms with E-state index in [0.29, 0.717) is 0 Å². The fraction of sp³-hybridized carbons (Fsp3) is 0.455. The van der Waals surface area contributed by atoms with Crippen molar-refractivity contribution in [2.45, 2.75) is 32.2 Å². The predicted octanol–water partition coefficient (Wildman–Crippen LogP) is 3.03. The summed E-state index contributed by atoms with van der Waals surface area (Å²) in [4.78, 5) is 10.1. The number of hydrogen-bond acceptors (Lipinski definition) is 3. The van der Waals surface area contributed by atoms with E-state index in [1.807, 2.05) is 13.8 Å². The highest BCUT2D eigenvalue weighted by molar-refractivity contribution is 9.10. The van der Waals surface area contributed by atoms with Crippen LogP contribution in [0.15, 0.2) is 22.7 Å². The van der Waals surface area contributed by atoms with E-state index in [1.165, 1.54) is 12.1 Å². The third kappa shape index (κ3) is 3.90. The number of nitrogens with zero attached hydrogens (tertiary/aromatic N) is 1. The van der Waals surface area contributed by atoms with Gasteiger partial charge in [-0.05, 0) is 32.3 Å². The molecule has 0 bridgehead atoms. The number of nitro groups is 1. The van der Waals surface area contributed by atoms with Gasteiger partial charge in [-0.3, -0.25) is 10.1 Å². The van der Waals surface area contributed by atoms with Crippen LogP contribution >= 0.6 is 15.9 Å². The Balaban J connectivity index is 2.80. The van der Waals surface area contributed by atoms with Gasteiger partial charge in [0.2, 0.25) is 0 Å². The predicted molar refractivity (Wildman–Crippen MR) is 67.4 cm³/mol. The molecule has 16 heavy (non-hydrogen) atoms. The van der Waals surface area contributed by atoms with Crippen molar-refractivity contribution >= 4 is 21.6 Å². The average molecular weight is 287 g/mol. The van der Waals surface area contributed by atoms with Gasteiger partial charge >= 0.3 is 0 Å². The Kier molecular flexibility index (Phi) is 4.04. The van der Waals surface area contributed by atoms with Crippen molar-refractivity contribution in [2.24, 2.45) is 5.73 Å². The van der Waals surface area contributed by atoms with E-state index in [2.05, 4.69) is 15.9 Å². The molecule has 1 aromatic rings. The molecule has 0 saturated carbocycles. The maximum atomic E-state index is 10.5. The molecule has 0 heterocycles. The van der Waals surface area contributed by atoms with Crippen molar-refractivity contribution in [3.05, 3.63) is 38.3 Å². The van der Waals surface area contributed by atoms with Crippen molar-refractivity contribution in [1.82, 2.24) is 0 Å². The minimum Gasteiger partial charge on any atom is -0.326 e. The first-order valence-electron chi connectivity index (χ1n) is 5.01. The molecule has 0 aliphatic carbocycles. The molecule has 1 rings (SSSR count). The summed E-state index contributed by atoms with van der Waals surface area (Å²) < 4.78 is 0.769. The van der Waals surface area contributed by atoms with Gasteiger partial charge in [0.15, 0.2) is 0 Å². The molecule has 0 spiro atoms. The van der Waals surface area contributed by atoms with Crippen LogP contribution in [0.5, 0.6) is 0 Å². The molecule has 1 aromatic carbocycles. The van der Waals surface area contributed by atoms with Crippen LogP contribution in [0.3, 0.4) is 0 Å². The summed E-state index contributed by atoms with van der Waals surface area (Å²) in [6.07, 6.45) is 1.64. The van der Waals surface area contributed by atoms with E-state index in [9.17, 15) is 10.1 Å². The maximum Gasteiger partial charge on any atom is 0.270 e. The van der Waals surface area contributed by atoms with Crippen LogP contribution in [0.4, 0.5) is 5.69 Å². The Morgan fingerprint density at radius 1 is 1.50 bits per heavy atom. The SMILES string of the molecule is CC(C)(N)CCc1ccc([N+](=O)[O-])cc1Br. The van der Waals surface area contributed by atoms with Gasteiger partial charge in [-0.1, -0.05) is 22.0 Å². The van der Waals surface area contributed by atoms with Crippen molar-refractivity contribution in [3.63, 3.8) is 0 Å².